The van der Waals surface area contributed by atoms with E-state index in [-0.39, 0.29) is 11.8 Å². The first kappa shape index (κ1) is 14.7. The van der Waals surface area contributed by atoms with E-state index in [0.29, 0.717) is 24.1 Å². The van der Waals surface area contributed by atoms with Gasteiger partial charge in [-0.15, -0.1) is 0 Å². The first-order valence-corrected chi connectivity index (χ1v) is 7.04. The number of amides is 2. The molecular formula is C16H20FNO2. The van der Waals surface area contributed by atoms with Gasteiger partial charge in [0.15, 0.2) is 0 Å². The minimum Gasteiger partial charge on any atom is -0.274 e. The van der Waals surface area contributed by atoms with E-state index in [1.54, 1.807) is 38.1 Å². The van der Waals surface area contributed by atoms with Crippen molar-refractivity contribution in [3.63, 3.8) is 0 Å². The Morgan fingerprint density at radius 2 is 1.55 bits per heavy atom. The molecule has 20 heavy (non-hydrogen) atoms. The zero-order valence-electron chi connectivity index (χ0n) is 12.0. The molecule has 2 rings (SSSR count). The lowest BCUT2D eigenvalue weighted by Crippen LogP contribution is -2.30. The Balaban J connectivity index is 1.84. The van der Waals surface area contributed by atoms with Crippen molar-refractivity contribution in [2.75, 3.05) is 6.54 Å². The highest BCUT2D eigenvalue weighted by Gasteiger charge is 2.34. The number of rotatable bonds is 6. The molecule has 0 saturated carbocycles. The van der Waals surface area contributed by atoms with E-state index in [4.69, 9.17) is 0 Å². The molecule has 0 bridgehead atoms. The molecule has 1 aliphatic heterocycles. The Kier molecular flexibility index (Phi) is 4.21. The number of fused-ring (bicyclic) bond motifs is 1. The van der Waals surface area contributed by atoms with Crippen LogP contribution in [-0.4, -0.2) is 28.9 Å². The zero-order valence-corrected chi connectivity index (χ0v) is 12.0. The average molecular weight is 277 g/mol. The normalized spacial score (nSPS) is 14.8. The first-order valence-electron chi connectivity index (χ1n) is 7.04. The number of unbranched alkanes of at least 4 members (excludes halogenated alkanes) is 2. The summed E-state index contributed by atoms with van der Waals surface area (Å²) in [6, 6.07) is 6.88. The van der Waals surface area contributed by atoms with Gasteiger partial charge in [0.05, 0.1) is 11.1 Å². The number of hydrogen-bond acceptors (Lipinski definition) is 2. The third kappa shape index (κ3) is 3.24. The first-order chi connectivity index (χ1) is 9.40. The van der Waals surface area contributed by atoms with Crippen LogP contribution in [0.15, 0.2) is 24.3 Å². The van der Waals surface area contributed by atoms with Gasteiger partial charge in [-0.25, -0.2) is 4.39 Å². The number of hydrogen-bond donors (Lipinski definition) is 0. The Labute approximate surface area is 118 Å². The number of carbonyl (C=O) groups is 2. The lowest BCUT2D eigenvalue weighted by atomic mass is 10.0. The topological polar surface area (TPSA) is 37.4 Å². The van der Waals surface area contributed by atoms with Crippen LogP contribution in [0.5, 0.6) is 0 Å². The van der Waals surface area contributed by atoms with Gasteiger partial charge in [0.1, 0.15) is 5.67 Å². The molecular weight excluding hydrogens is 257 g/mol. The van der Waals surface area contributed by atoms with Crippen LogP contribution >= 0.6 is 0 Å². The van der Waals surface area contributed by atoms with Crippen LogP contribution < -0.4 is 0 Å². The van der Waals surface area contributed by atoms with Crippen LogP contribution in [0.4, 0.5) is 4.39 Å². The largest absolute Gasteiger partial charge is 0.274 e. The van der Waals surface area contributed by atoms with Crippen molar-refractivity contribution >= 4 is 11.8 Å². The van der Waals surface area contributed by atoms with Crippen LogP contribution in [0.25, 0.3) is 0 Å². The fraction of sp³-hybridized carbons (Fsp3) is 0.500. The van der Waals surface area contributed by atoms with Gasteiger partial charge in [0, 0.05) is 6.54 Å². The second-order valence-corrected chi connectivity index (χ2v) is 5.84. The van der Waals surface area contributed by atoms with Crippen molar-refractivity contribution in [3.05, 3.63) is 35.4 Å². The summed E-state index contributed by atoms with van der Waals surface area (Å²) in [6.07, 6.45) is 2.82. The van der Waals surface area contributed by atoms with Crippen LogP contribution in [0, 0.1) is 0 Å². The van der Waals surface area contributed by atoms with Gasteiger partial charge < -0.3 is 0 Å². The molecule has 2 amide bonds. The highest BCUT2D eigenvalue weighted by Crippen LogP contribution is 2.23. The maximum atomic E-state index is 13.3. The monoisotopic (exact) mass is 277 g/mol. The standard InChI is InChI=1S/C16H20FNO2/c1-16(2,17)10-6-3-7-11-18-14(19)12-8-4-5-9-13(12)15(18)20/h4-5,8-9H,3,6-7,10-11H2,1-2H3. The zero-order chi connectivity index (χ0) is 14.8. The van der Waals surface area contributed by atoms with Gasteiger partial charge in [-0.2, -0.15) is 0 Å². The molecule has 3 nitrogen and oxygen atoms in total. The Hall–Kier alpha value is -1.71. The average Bonchev–Trinajstić information content (AvgIpc) is 2.62. The molecule has 108 valence electrons. The summed E-state index contributed by atoms with van der Waals surface area (Å²) in [5, 5.41) is 0. The van der Waals surface area contributed by atoms with Crippen molar-refractivity contribution < 1.29 is 14.0 Å². The number of imide groups is 1. The third-order valence-corrected chi connectivity index (χ3v) is 3.53. The van der Waals surface area contributed by atoms with E-state index in [1.165, 1.54) is 4.90 Å². The Bertz CT molecular complexity index is 484. The van der Waals surface area contributed by atoms with Gasteiger partial charge in [0.2, 0.25) is 0 Å². The van der Waals surface area contributed by atoms with E-state index in [2.05, 4.69) is 0 Å². The third-order valence-electron chi connectivity index (χ3n) is 3.53. The summed E-state index contributed by atoms with van der Waals surface area (Å²) in [6.45, 7) is 3.55. The molecule has 0 aliphatic carbocycles. The molecule has 4 heteroatoms. The molecule has 1 aromatic carbocycles. The van der Waals surface area contributed by atoms with Gasteiger partial charge in [-0.05, 0) is 38.8 Å². The van der Waals surface area contributed by atoms with Crippen molar-refractivity contribution in [2.24, 2.45) is 0 Å². The van der Waals surface area contributed by atoms with Crippen molar-refractivity contribution in [1.82, 2.24) is 4.90 Å². The van der Waals surface area contributed by atoms with Crippen LogP contribution in [0.3, 0.4) is 0 Å². The summed E-state index contributed by atoms with van der Waals surface area (Å²) in [5.74, 6) is -0.423. The van der Waals surface area contributed by atoms with E-state index >= 15 is 0 Å². The molecule has 1 aliphatic rings. The number of halogens is 1. The van der Waals surface area contributed by atoms with Gasteiger partial charge in [-0.1, -0.05) is 25.0 Å². The minimum atomic E-state index is -1.14. The van der Waals surface area contributed by atoms with Crippen LogP contribution in [-0.2, 0) is 0 Å². The lowest BCUT2D eigenvalue weighted by molar-refractivity contribution is 0.0650. The second-order valence-electron chi connectivity index (χ2n) is 5.84. The van der Waals surface area contributed by atoms with Gasteiger partial charge >= 0.3 is 0 Å². The fourth-order valence-electron chi connectivity index (χ4n) is 2.43. The highest BCUT2D eigenvalue weighted by molar-refractivity contribution is 6.21. The molecule has 1 aromatic rings. The van der Waals surface area contributed by atoms with Crippen LogP contribution in [0.2, 0.25) is 0 Å². The number of nitrogens with zero attached hydrogens (tertiary/aromatic N) is 1. The SMILES string of the molecule is CC(C)(F)CCCCCN1C(=O)c2ccccc2C1=O. The van der Waals surface area contributed by atoms with Crippen LogP contribution in [0.1, 0.15) is 60.2 Å². The Morgan fingerprint density at radius 1 is 1.00 bits per heavy atom. The maximum absolute atomic E-state index is 13.3. The van der Waals surface area contributed by atoms with E-state index in [1.807, 2.05) is 0 Å². The maximum Gasteiger partial charge on any atom is 0.261 e. The van der Waals surface area contributed by atoms with E-state index < -0.39 is 5.67 Å². The summed E-state index contributed by atoms with van der Waals surface area (Å²) in [4.78, 5) is 25.4. The quantitative estimate of drug-likeness (QED) is 0.588. The summed E-state index contributed by atoms with van der Waals surface area (Å²) < 4.78 is 13.3. The number of carbonyl (C=O) groups excluding carboxylic acids is 2. The molecule has 0 atom stereocenters. The molecule has 0 spiro atoms. The molecule has 0 saturated heterocycles. The summed E-state index contributed by atoms with van der Waals surface area (Å²) in [5.41, 5.74) is -0.167. The van der Waals surface area contributed by atoms with E-state index in [0.717, 1.165) is 19.3 Å². The molecule has 0 unspecified atom stereocenters. The lowest BCUT2D eigenvalue weighted by Gasteiger charge is -2.15. The number of alkyl halides is 1. The molecule has 0 aromatic heterocycles. The van der Waals surface area contributed by atoms with E-state index in [9.17, 15) is 14.0 Å². The predicted molar refractivity (Wildman–Crippen MR) is 75.5 cm³/mol. The van der Waals surface area contributed by atoms with Gasteiger partial charge in [0.25, 0.3) is 11.8 Å². The fourth-order valence-corrected chi connectivity index (χ4v) is 2.43. The predicted octanol–water partition coefficient (Wildman–Crippen LogP) is 3.59. The number of benzene rings is 1. The molecule has 0 fully saturated rings. The smallest absolute Gasteiger partial charge is 0.261 e. The van der Waals surface area contributed by atoms with Crippen molar-refractivity contribution in [3.8, 4) is 0 Å². The molecule has 0 radical (unpaired) electrons. The van der Waals surface area contributed by atoms with Gasteiger partial charge in [-0.3, -0.25) is 14.5 Å². The summed E-state index contributed by atoms with van der Waals surface area (Å²) >= 11 is 0. The van der Waals surface area contributed by atoms with Crippen molar-refractivity contribution in [1.29, 1.82) is 0 Å². The minimum absolute atomic E-state index is 0.212. The second kappa shape index (κ2) is 5.73. The molecule has 1 heterocycles. The Morgan fingerprint density at radius 3 is 2.05 bits per heavy atom. The molecule has 0 N–H and O–H groups in total. The van der Waals surface area contributed by atoms with Crippen molar-refractivity contribution in [2.45, 2.75) is 45.2 Å². The highest BCUT2D eigenvalue weighted by atomic mass is 19.1. The summed E-state index contributed by atoms with van der Waals surface area (Å²) in [7, 11) is 0.